The minimum Gasteiger partial charge on any atom is -0.375 e. The van der Waals surface area contributed by atoms with Gasteiger partial charge in [-0.1, -0.05) is 13.0 Å². The number of benzene rings is 1. The lowest BCUT2D eigenvalue weighted by atomic mass is 10.1. The topological polar surface area (TPSA) is 87.0 Å². The van der Waals surface area contributed by atoms with Crippen LogP contribution in [0.2, 0.25) is 0 Å². The molecule has 1 aromatic heterocycles. The molecule has 0 fully saturated rings. The minimum atomic E-state index is -0.173. The van der Waals surface area contributed by atoms with Crippen LogP contribution in [0, 0.1) is 11.3 Å². The Morgan fingerprint density at radius 1 is 1.35 bits per heavy atom. The highest BCUT2D eigenvalue weighted by Crippen LogP contribution is 2.21. The van der Waals surface area contributed by atoms with Gasteiger partial charge in [-0.3, -0.25) is 4.79 Å². The van der Waals surface area contributed by atoms with Gasteiger partial charge in [0.05, 0.1) is 11.1 Å². The molecule has 0 bridgehead atoms. The first kappa shape index (κ1) is 16.7. The third kappa shape index (κ3) is 4.41. The third-order valence-electron chi connectivity index (χ3n) is 3.42. The number of nitrogens with zero attached hydrogens (tertiary/aromatic N) is 2. The Morgan fingerprint density at radius 2 is 2.17 bits per heavy atom. The quantitative estimate of drug-likeness (QED) is 0.762. The number of pyridine rings is 1. The van der Waals surface area contributed by atoms with E-state index in [1.54, 1.807) is 0 Å². The summed E-state index contributed by atoms with van der Waals surface area (Å²) in [5.41, 5.74) is 2.55. The van der Waals surface area contributed by atoms with Crippen molar-refractivity contribution in [3.63, 3.8) is 0 Å². The Morgan fingerprint density at radius 3 is 2.87 bits per heavy atom. The molecule has 0 aliphatic heterocycles. The van der Waals surface area contributed by atoms with Crippen molar-refractivity contribution in [1.29, 1.82) is 5.26 Å². The second-order valence-electron chi connectivity index (χ2n) is 5.09. The fourth-order valence-electron chi connectivity index (χ4n) is 2.23. The van der Waals surface area contributed by atoms with Gasteiger partial charge in [0, 0.05) is 25.6 Å². The van der Waals surface area contributed by atoms with E-state index in [1.165, 1.54) is 12.7 Å². The Hall–Kier alpha value is -2.65. The average molecular weight is 312 g/mol. The summed E-state index contributed by atoms with van der Waals surface area (Å²) < 4.78 is 4.73. The van der Waals surface area contributed by atoms with Crippen LogP contribution in [0.25, 0.3) is 10.9 Å². The number of carbonyl (C=O) groups is 1. The maximum atomic E-state index is 11.3. The van der Waals surface area contributed by atoms with E-state index in [2.05, 4.69) is 34.7 Å². The van der Waals surface area contributed by atoms with Crippen molar-refractivity contribution in [2.45, 2.75) is 13.3 Å². The molecule has 2 aromatic rings. The first-order valence-corrected chi connectivity index (χ1v) is 7.51. The molecular formula is C17H20N4O2. The molecule has 2 N–H and O–H groups in total. The number of fused-ring (bicyclic) bond motifs is 1. The lowest BCUT2D eigenvalue weighted by molar-refractivity contribution is -0.124. The predicted molar refractivity (Wildman–Crippen MR) is 89.2 cm³/mol. The number of hydrogen-bond acceptors (Lipinski definition) is 5. The maximum Gasteiger partial charge on any atom is 0.246 e. The van der Waals surface area contributed by atoms with Crippen LogP contribution in [0.5, 0.6) is 0 Å². The van der Waals surface area contributed by atoms with Crippen molar-refractivity contribution in [3.8, 4) is 6.07 Å². The van der Waals surface area contributed by atoms with Gasteiger partial charge < -0.3 is 15.4 Å². The fraction of sp³-hybridized carbons (Fsp3) is 0.353. The van der Waals surface area contributed by atoms with Gasteiger partial charge in [-0.25, -0.2) is 4.98 Å². The van der Waals surface area contributed by atoms with Crippen molar-refractivity contribution >= 4 is 22.6 Å². The van der Waals surface area contributed by atoms with Gasteiger partial charge in [0.2, 0.25) is 5.91 Å². The largest absolute Gasteiger partial charge is 0.375 e. The smallest absolute Gasteiger partial charge is 0.246 e. The van der Waals surface area contributed by atoms with Gasteiger partial charge >= 0.3 is 0 Å². The molecule has 1 heterocycles. The number of nitrogens with one attached hydrogen (secondary N) is 2. The SMILES string of the molecule is CCc1ccc2nc(NCCNC(=O)COC)c(C#N)cc2c1. The summed E-state index contributed by atoms with van der Waals surface area (Å²) in [6.45, 7) is 3.04. The molecule has 0 spiro atoms. The zero-order valence-electron chi connectivity index (χ0n) is 13.3. The van der Waals surface area contributed by atoms with E-state index in [4.69, 9.17) is 4.74 Å². The predicted octanol–water partition coefficient (Wildman–Crippen LogP) is 1.84. The summed E-state index contributed by atoms with van der Waals surface area (Å²) in [5, 5.41) is 16.1. The monoisotopic (exact) mass is 312 g/mol. The molecule has 0 aliphatic carbocycles. The van der Waals surface area contributed by atoms with Crippen LogP contribution < -0.4 is 10.6 Å². The number of amides is 1. The molecule has 1 amide bonds. The van der Waals surface area contributed by atoms with Crippen molar-refractivity contribution in [2.24, 2.45) is 0 Å². The molecule has 0 unspecified atom stereocenters. The van der Waals surface area contributed by atoms with Gasteiger partial charge in [-0.05, 0) is 30.2 Å². The summed E-state index contributed by atoms with van der Waals surface area (Å²) in [7, 11) is 1.47. The maximum absolute atomic E-state index is 11.3. The highest BCUT2D eigenvalue weighted by atomic mass is 16.5. The summed E-state index contributed by atoms with van der Waals surface area (Å²) >= 11 is 0. The molecule has 0 atom stereocenters. The first-order valence-electron chi connectivity index (χ1n) is 7.51. The molecule has 0 saturated carbocycles. The Balaban J connectivity index is 2.08. The van der Waals surface area contributed by atoms with Crippen molar-refractivity contribution in [1.82, 2.24) is 10.3 Å². The summed E-state index contributed by atoms with van der Waals surface area (Å²) in [4.78, 5) is 15.8. The van der Waals surface area contributed by atoms with Gasteiger partial charge in [0.15, 0.2) is 0 Å². The standard InChI is InChI=1S/C17H20N4O2/c1-3-12-4-5-15-13(8-12)9-14(10-18)17(21-15)20-7-6-19-16(22)11-23-2/h4-5,8-9H,3,6-7,11H2,1-2H3,(H,19,22)(H,20,21). The van der Waals surface area contributed by atoms with Gasteiger partial charge in [0.1, 0.15) is 18.5 Å². The minimum absolute atomic E-state index is 0.0391. The van der Waals surface area contributed by atoms with E-state index in [9.17, 15) is 10.1 Å². The molecule has 0 saturated heterocycles. The van der Waals surface area contributed by atoms with Crippen LogP contribution in [0.4, 0.5) is 5.82 Å². The lowest BCUT2D eigenvalue weighted by Gasteiger charge is -2.10. The van der Waals surface area contributed by atoms with Crippen LogP contribution in [0.1, 0.15) is 18.1 Å². The molecule has 0 aliphatic rings. The van der Waals surface area contributed by atoms with E-state index in [1.807, 2.05) is 18.2 Å². The van der Waals surface area contributed by atoms with Crippen molar-refractivity contribution in [3.05, 3.63) is 35.4 Å². The lowest BCUT2D eigenvalue weighted by Crippen LogP contribution is -2.31. The molecule has 120 valence electrons. The van der Waals surface area contributed by atoms with Gasteiger partial charge in [0.25, 0.3) is 0 Å². The molecule has 6 nitrogen and oxygen atoms in total. The Bertz CT molecular complexity index is 737. The number of ether oxygens (including phenoxy) is 1. The second-order valence-corrected chi connectivity index (χ2v) is 5.09. The molecule has 6 heteroatoms. The summed E-state index contributed by atoms with van der Waals surface area (Å²) in [6.07, 6.45) is 0.943. The second kappa shape index (κ2) is 8.11. The number of aryl methyl sites for hydroxylation is 1. The van der Waals surface area contributed by atoms with Crippen LogP contribution in [-0.4, -0.2) is 37.7 Å². The molecule has 23 heavy (non-hydrogen) atoms. The van der Waals surface area contributed by atoms with E-state index in [0.29, 0.717) is 24.5 Å². The fourth-order valence-corrected chi connectivity index (χ4v) is 2.23. The number of nitriles is 1. The third-order valence-corrected chi connectivity index (χ3v) is 3.42. The number of carbonyl (C=O) groups excluding carboxylic acids is 1. The van der Waals surface area contributed by atoms with E-state index in [0.717, 1.165) is 17.3 Å². The van der Waals surface area contributed by atoms with Crippen molar-refractivity contribution in [2.75, 3.05) is 32.1 Å². The van der Waals surface area contributed by atoms with E-state index in [-0.39, 0.29) is 12.5 Å². The zero-order chi connectivity index (χ0) is 16.7. The number of hydrogen-bond donors (Lipinski definition) is 2. The van der Waals surface area contributed by atoms with Crippen molar-refractivity contribution < 1.29 is 9.53 Å². The average Bonchev–Trinajstić information content (AvgIpc) is 2.57. The molecule has 0 radical (unpaired) electrons. The molecule has 2 rings (SSSR count). The highest BCUT2D eigenvalue weighted by molar-refractivity contribution is 5.83. The van der Waals surface area contributed by atoms with Crippen LogP contribution in [-0.2, 0) is 16.0 Å². The highest BCUT2D eigenvalue weighted by Gasteiger charge is 2.07. The number of rotatable bonds is 7. The Kier molecular flexibility index (Phi) is 5.89. The molecule has 1 aromatic carbocycles. The normalized spacial score (nSPS) is 10.3. The Labute approximate surface area is 135 Å². The number of aromatic nitrogens is 1. The van der Waals surface area contributed by atoms with Crippen LogP contribution >= 0.6 is 0 Å². The van der Waals surface area contributed by atoms with Crippen LogP contribution in [0.3, 0.4) is 0 Å². The zero-order valence-corrected chi connectivity index (χ0v) is 13.3. The van der Waals surface area contributed by atoms with E-state index < -0.39 is 0 Å². The number of methoxy groups -OCH3 is 1. The van der Waals surface area contributed by atoms with Crippen LogP contribution in [0.15, 0.2) is 24.3 Å². The number of anilines is 1. The molecular weight excluding hydrogens is 292 g/mol. The van der Waals surface area contributed by atoms with Gasteiger partial charge in [-0.2, -0.15) is 5.26 Å². The summed E-state index contributed by atoms with van der Waals surface area (Å²) in [5.74, 6) is 0.360. The summed E-state index contributed by atoms with van der Waals surface area (Å²) in [6, 6.07) is 10.1. The first-order chi connectivity index (χ1) is 11.2. The van der Waals surface area contributed by atoms with E-state index >= 15 is 0 Å². The van der Waals surface area contributed by atoms with Gasteiger partial charge in [-0.15, -0.1) is 0 Å².